The van der Waals surface area contributed by atoms with E-state index in [1.165, 1.54) is 4.68 Å². The van der Waals surface area contributed by atoms with Crippen LogP contribution in [0.3, 0.4) is 0 Å². The molecule has 5 aromatic carbocycles. The van der Waals surface area contributed by atoms with Crippen molar-refractivity contribution in [1.82, 2.24) is 9.66 Å². The van der Waals surface area contributed by atoms with Crippen LogP contribution in [0, 0.1) is 6.92 Å². The van der Waals surface area contributed by atoms with Gasteiger partial charge in [0.1, 0.15) is 5.75 Å². The van der Waals surface area contributed by atoms with Crippen molar-refractivity contribution in [1.29, 1.82) is 0 Å². The molecule has 0 saturated carbocycles. The van der Waals surface area contributed by atoms with Crippen LogP contribution in [0.4, 0.5) is 5.69 Å². The van der Waals surface area contributed by atoms with Crippen molar-refractivity contribution >= 4 is 39.5 Å². The predicted octanol–water partition coefficient (Wildman–Crippen LogP) is 6.42. The lowest BCUT2D eigenvalue weighted by atomic mass is 10.0. The number of fused-ring (bicyclic) bond motifs is 2. The fourth-order valence-corrected chi connectivity index (χ4v) is 4.70. The lowest BCUT2D eigenvalue weighted by Gasteiger charge is -2.13. The van der Waals surface area contributed by atoms with Gasteiger partial charge in [0.05, 0.1) is 17.1 Å². The predicted molar refractivity (Wildman–Crippen MR) is 164 cm³/mol. The Morgan fingerprint density at radius 2 is 1.56 bits per heavy atom. The minimum Gasteiger partial charge on any atom is -0.483 e. The summed E-state index contributed by atoms with van der Waals surface area (Å²) in [6.07, 6.45) is 1.60. The van der Waals surface area contributed by atoms with E-state index in [-0.39, 0.29) is 18.1 Å². The highest BCUT2D eigenvalue weighted by Gasteiger charge is 2.14. The molecule has 6 aromatic rings. The maximum atomic E-state index is 13.6. The third-order valence-corrected chi connectivity index (χ3v) is 6.80. The van der Waals surface area contributed by atoms with Crippen LogP contribution in [0.5, 0.6) is 5.75 Å². The number of nitrogens with one attached hydrogen (secondary N) is 1. The van der Waals surface area contributed by atoms with Crippen LogP contribution in [0.2, 0.25) is 0 Å². The Balaban J connectivity index is 1.41. The first kappa shape index (κ1) is 25.7. The standard InChI is InChI=1S/C34H26N4O3/c1-23-11-5-9-17-29(23)36-32(39)22-41-31-20-19-24-12-6-7-15-26(24)28(31)21-35-38-33(25-13-3-2-4-14-25)37-30-18-10-8-16-27(30)34(38)40/h2-21H,22H2,1H3,(H,36,39). The van der Waals surface area contributed by atoms with Gasteiger partial charge in [-0.1, -0.05) is 91.0 Å². The Hall–Kier alpha value is -5.56. The normalized spacial score (nSPS) is 11.2. The molecule has 6 rings (SSSR count). The Morgan fingerprint density at radius 1 is 0.854 bits per heavy atom. The SMILES string of the molecule is Cc1ccccc1NC(=O)COc1ccc2ccccc2c1C=Nn1c(-c2ccccc2)nc2ccccc2c1=O. The second-order valence-electron chi connectivity index (χ2n) is 9.53. The zero-order valence-electron chi connectivity index (χ0n) is 22.3. The summed E-state index contributed by atoms with van der Waals surface area (Å²) in [6.45, 7) is 1.74. The van der Waals surface area contributed by atoms with Crippen molar-refractivity contribution in [2.45, 2.75) is 6.92 Å². The van der Waals surface area contributed by atoms with Crippen LogP contribution >= 0.6 is 0 Å². The number of carbonyl (C=O) groups is 1. The molecule has 0 fully saturated rings. The number of aromatic nitrogens is 2. The van der Waals surface area contributed by atoms with Gasteiger partial charge < -0.3 is 10.1 Å². The highest BCUT2D eigenvalue weighted by atomic mass is 16.5. The average Bonchev–Trinajstić information content (AvgIpc) is 3.01. The molecular weight excluding hydrogens is 512 g/mol. The maximum Gasteiger partial charge on any atom is 0.282 e. The summed E-state index contributed by atoms with van der Waals surface area (Å²) in [6, 6.07) is 35.8. The lowest BCUT2D eigenvalue weighted by Crippen LogP contribution is -2.21. The summed E-state index contributed by atoms with van der Waals surface area (Å²) in [5.41, 5.74) is 3.41. The molecule has 0 aliphatic carbocycles. The summed E-state index contributed by atoms with van der Waals surface area (Å²) in [4.78, 5) is 31.1. The molecule has 0 spiro atoms. The van der Waals surface area contributed by atoms with Crippen LogP contribution < -0.4 is 15.6 Å². The smallest absolute Gasteiger partial charge is 0.282 e. The van der Waals surface area contributed by atoms with Crippen LogP contribution in [-0.4, -0.2) is 28.4 Å². The van der Waals surface area contributed by atoms with Crippen molar-refractivity contribution in [3.05, 3.63) is 137 Å². The van der Waals surface area contributed by atoms with Crippen LogP contribution in [0.15, 0.2) is 125 Å². The molecule has 7 nitrogen and oxygen atoms in total. The zero-order chi connectivity index (χ0) is 28.2. The largest absolute Gasteiger partial charge is 0.483 e. The quantitative estimate of drug-likeness (QED) is 0.238. The molecular formula is C34H26N4O3. The highest BCUT2D eigenvalue weighted by Crippen LogP contribution is 2.27. The molecule has 0 atom stereocenters. The fourth-order valence-electron chi connectivity index (χ4n) is 4.70. The molecule has 1 N–H and O–H groups in total. The molecule has 0 saturated heterocycles. The summed E-state index contributed by atoms with van der Waals surface area (Å²) < 4.78 is 7.33. The topological polar surface area (TPSA) is 85.6 Å². The number of para-hydroxylation sites is 2. The van der Waals surface area contributed by atoms with E-state index in [4.69, 9.17) is 9.72 Å². The molecule has 41 heavy (non-hydrogen) atoms. The molecule has 1 amide bonds. The highest BCUT2D eigenvalue weighted by molar-refractivity contribution is 6.03. The number of amides is 1. The Morgan fingerprint density at radius 3 is 2.39 bits per heavy atom. The first-order valence-electron chi connectivity index (χ1n) is 13.2. The van der Waals surface area contributed by atoms with E-state index < -0.39 is 0 Å². The van der Waals surface area contributed by atoms with Gasteiger partial charge in [-0.05, 0) is 47.5 Å². The average molecular weight is 539 g/mol. The molecule has 1 aromatic heterocycles. The number of hydrogen-bond donors (Lipinski definition) is 1. The number of carbonyl (C=O) groups excluding carboxylic acids is 1. The number of benzene rings is 5. The van der Waals surface area contributed by atoms with E-state index in [1.807, 2.05) is 110 Å². The molecule has 0 aliphatic heterocycles. The third-order valence-electron chi connectivity index (χ3n) is 6.80. The van der Waals surface area contributed by atoms with Crippen molar-refractivity contribution in [2.24, 2.45) is 5.10 Å². The van der Waals surface area contributed by atoms with Gasteiger partial charge in [-0.15, -0.1) is 0 Å². The van der Waals surface area contributed by atoms with Gasteiger partial charge in [0, 0.05) is 16.8 Å². The number of hydrogen-bond acceptors (Lipinski definition) is 5. The van der Waals surface area contributed by atoms with E-state index in [0.29, 0.717) is 28.0 Å². The van der Waals surface area contributed by atoms with E-state index in [2.05, 4.69) is 10.4 Å². The maximum absolute atomic E-state index is 13.6. The summed E-state index contributed by atoms with van der Waals surface area (Å²) >= 11 is 0. The zero-order valence-corrected chi connectivity index (χ0v) is 22.3. The van der Waals surface area contributed by atoms with E-state index in [9.17, 15) is 9.59 Å². The van der Waals surface area contributed by atoms with Crippen molar-refractivity contribution in [2.75, 3.05) is 11.9 Å². The van der Waals surface area contributed by atoms with Crippen LogP contribution in [-0.2, 0) is 4.79 Å². The molecule has 1 heterocycles. The number of rotatable bonds is 7. The second-order valence-corrected chi connectivity index (χ2v) is 9.53. The first-order valence-corrected chi connectivity index (χ1v) is 13.2. The van der Waals surface area contributed by atoms with Crippen molar-refractivity contribution in [3.8, 4) is 17.1 Å². The first-order chi connectivity index (χ1) is 20.1. The molecule has 0 radical (unpaired) electrons. The number of anilines is 1. The monoisotopic (exact) mass is 538 g/mol. The Bertz CT molecular complexity index is 1980. The fraction of sp³-hybridized carbons (Fsp3) is 0.0588. The second kappa shape index (κ2) is 11.3. The van der Waals surface area contributed by atoms with Crippen LogP contribution in [0.1, 0.15) is 11.1 Å². The number of ether oxygens (including phenoxy) is 1. The summed E-state index contributed by atoms with van der Waals surface area (Å²) in [5.74, 6) is 0.609. The van der Waals surface area contributed by atoms with Gasteiger partial charge >= 0.3 is 0 Å². The molecule has 7 heteroatoms. The molecule has 0 unspecified atom stereocenters. The minimum absolute atomic E-state index is 0.194. The number of nitrogens with zero attached hydrogens (tertiary/aromatic N) is 3. The van der Waals surface area contributed by atoms with Gasteiger partial charge in [-0.25, -0.2) is 4.98 Å². The van der Waals surface area contributed by atoms with Crippen LogP contribution in [0.25, 0.3) is 33.1 Å². The van der Waals surface area contributed by atoms with Gasteiger partial charge in [-0.2, -0.15) is 9.78 Å². The van der Waals surface area contributed by atoms with Gasteiger partial charge in [0.15, 0.2) is 12.4 Å². The molecule has 0 aliphatic rings. The summed E-state index contributed by atoms with van der Waals surface area (Å²) in [5, 5.41) is 9.86. The lowest BCUT2D eigenvalue weighted by molar-refractivity contribution is -0.118. The van der Waals surface area contributed by atoms with Gasteiger partial charge in [0.25, 0.3) is 11.5 Å². The van der Waals surface area contributed by atoms with E-state index in [0.717, 1.165) is 27.6 Å². The van der Waals surface area contributed by atoms with E-state index in [1.54, 1.807) is 18.3 Å². The minimum atomic E-state index is -0.286. The molecule has 0 bridgehead atoms. The number of aryl methyl sites for hydroxylation is 1. The Labute approximate surface area is 236 Å². The van der Waals surface area contributed by atoms with Gasteiger partial charge in [0.2, 0.25) is 0 Å². The summed E-state index contributed by atoms with van der Waals surface area (Å²) in [7, 11) is 0. The molecule has 200 valence electrons. The third kappa shape index (κ3) is 5.33. The van der Waals surface area contributed by atoms with Crippen molar-refractivity contribution in [3.63, 3.8) is 0 Å². The van der Waals surface area contributed by atoms with Gasteiger partial charge in [-0.3, -0.25) is 9.59 Å². The van der Waals surface area contributed by atoms with Crippen molar-refractivity contribution < 1.29 is 9.53 Å². The Kier molecular flexibility index (Phi) is 7.07. The van der Waals surface area contributed by atoms with E-state index >= 15 is 0 Å².